The standard InChI is InChI=1S/C22H20F3N3O2S/c23-22(24,25)17-3-1-2-16(12-17)20(29)26-18-6-4-15(5-7-18)21-27-19(14-31-21)13-28-8-10-30-11-9-28/h1-7,12,14H,8-11,13H2,(H,26,29). The molecule has 1 amide bonds. The molecule has 0 bridgehead atoms. The van der Waals surface area contributed by atoms with Gasteiger partial charge in [0.2, 0.25) is 0 Å². The molecular weight excluding hydrogens is 427 g/mol. The number of nitrogens with one attached hydrogen (secondary N) is 1. The van der Waals surface area contributed by atoms with Gasteiger partial charge in [-0.3, -0.25) is 9.69 Å². The molecule has 9 heteroatoms. The molecule has 4 rings (SSSR count). The Kier molecular flexibility index (Phi) is 6.35. The van der Waals surface area contributed by atoms with Crippen molar-refractivity contribution >= 4 is 22.9 Å². The molecule has 1 aliphatic heterocycles. The lowest BCUT2D eigenvalue weighted by Crippen LogP contribution is -2.35. The first-order chi connectivity index (χ1) is 14.9. The minimum Gasteiger partial charge on any atom is -0.379 e. The molecule has 1 N–H and O–H groups in total. The highest BCUT2D eigenvalue weighted by Crippen LogP contribution is 2.30. The van der Waals surface area contributed by atoms with E-state index in [1.54, 1.807) is 23.5 Å². The number of ether oxygens (including phenoxy) is 1. The van der Waals surface area contributed by atoms with Crippen LogP contribution >= 0.6 is 11.3 Å². The lowest BCUT2D eigenvalue weighted by atomic mass is 10.1. The first kappa shape index (κ1) is 21.5. The van der Waals surface area contributed by atoms with Crippen molar-refractivity contribution in [3.63, 3.8) is 0 Å². The molecule has 1 saturated heterocycles. The van der Waals surface area contributed by atoms with Crippen molar-refractivity contribution in [2.24, 2.45) is 0 Å². The zero-order chi connectivity index (χ0) is 21.8. The summed E-state index contributed by atoms with van der Waals surface area (Å²) >= 11 is 1.55. The fourth-order valence-electron chi connectivity index (χ4n) is 3.24. The molecule has 2 aromatic carbocycles. The molecule has 1 fully saturated rings. The first-order valence-corrected chi connectivity index (χ1v) is 10.6. The van der Waals surface area contributed by atoms with Crippen LogP contribution < -0.4 is 5.32 Å². The van der Waals surface area contributed by atoms with E-state index in [0.717, 1.165) is 61.2 Å². The topological polar surface area (TPSA) is 54.5 Å². The highest BCUT2D eigenvalue weighted by Gasteiger charge is 2.30. The monoisotopic (exact) mass is 447 g/mol. The van der Waals surface area contributed by atoms with Crippen molar-refractivity contribution in [3.8, 4) is 10.6 Å². The average Bonchev–Trinajstić information content (AvgIpc) is 3.23. The van der Waals surface area contributed by atoms with E-state index >= 15 is 0 Å². The van der Waals surface area contributed by atoms with Crippen LogP contribution in [0, 0.1) is 0 Å². The Morgan fingerprint density at radius 2 is 1.87 bits per heavy atom. The number of thiazole rings is 1. The fourth-order valence-corrected chi connectivity index (χ4v) is 4.05. The molecule has 1 aromatic heterocycles. The highest BCUT2D eigenvalue weighted by atomic mass is 32.1. The van der Waals surface area contributed by atoms with E-state index in [1.165, 1.54) is 12.1 Å². The number of rotatable bonds is 5. The Bertz CT molecular complexity index is 1040. The van der Waals surface area contributed by atoms with Gasteiger partial charge in [-0.05, 0) is 42.5 Å². The van der Waals surface area contributed by atoms with Crippen molar-refractivity contribution in [3.05, 3.63) is 70.7 Å². The summed E-state index contributed by atoms with van der Waals surface area (Å²) in [6, 6.07) is 11.4. The number of benzene rings is 2. The summed E-state index contributed by atoms with van der Waals surface area (Å²) in [7, 11) is 0. The third kappa shape index (κ3) is 5.49. The Morgan fingerprint density at radius 3 is 2.58 bits per heavy atom. The van der Waals surface area contributed by atoms with Gasteiger partial charge in [-0.15, -0.1) is 11.3 Å². The number of hydrogen-bond acceptors (Lipinski definition) is 5. The minimum absolute atomic E-state index is 0.0495. The molecule has 0 unspecified atom stereocenters. The quantitative estimate of drug-likeness (QED) is 0.604. The molecule has 162 valence electrons. The number of aromatic nitrogens is 1. The minimum atomic E-state index is -4.49. The summed E-state index contributed by atoms with van der Waals surface area (Å²) < 4.78 is 43.9. The fraction of sp³-hybridized carbons (Fsp3) is 0.273. The molecule has 31 heavy (non-hydrogen) atoms. The Hall–Kier alpha value is -2.75. The molecule has 5 nitrogen and oxygen atoms in total. The van der Waals surface area contributed by atoms with E-state index in [2.05, 4.69) is 15.2 Å². The van der Waals surface area contributed by atoms with E-state index in [4.69, 9.17) is 4.74 Å². The van der Waals surface area contributed by atoms with Crippen LogP contribution in [0.2, 0.25) is 0 Å². The Morgan fingerprint density at radius 1 is 1.13 bits per heavy atom. The van der Waals surface area contributed by atoms with Gasteiger partial charge >= 0.3 is 6.18 Å². The molecule has 0 atom stereocenters. The number of nitrogens with zero attached hydrogens (tertiary/aromatic N) is 2. The number of hydrogen-bond donors (Lipinski definition) is 1. The number of anilines is 1. The van der Waals surface area contributed by atoms with Gasteiger partial charge in [0.25, 0.3) is 5.91 Å². The first-order valence-electron chi connectivity index (χ1n) is 9.72. The predicted molar refractivity (Wildman–Crippen MR) is 113 cm³/mol. The van der Waals surface area contributed by atoms with Crippen LogP contribution in [-0.4, -0.2) is 42.1 Å². The second-order valence-electron chi connectivity index (χ2n) is 7.14. The smallest absolute Gasteiger partial charge is 0.379 e. The lowest BCUT2D eigenvalue weighted by molar-refractivity contribution is -0.137. The Balaban J connectivity index is 1.40. The van der Waals surface area contributed by atoms with Crippen LogP contribution in [0.5, 0.6) is 0 Å². The number of carbonyl (C=O) groups is 1. The van der Waals surface area contributed by atoms with Crippen LogP contribution in [0.4, 0.5) is 18.9 Å². The zero-order valence-corrected chi connectivity index (χ0v) is 17.3. The van der Waals surface area contributed by atoms with Crippen molar-refractivity contribution in [2.45, 2.75) is 12.7 Å². The summed E-state index contributed by atoms with van der Waals surface area (Å²) in [6.45, 7) is 4.06. The summed E-state index contributed by atoms with van der Waals surface area (Å²) in [6.07, 6.45) is -4.49. The van der Waals surface area contributed by atoms with Gasteiger partial charge in [0.15, 0.2) is 0 Å². The molecular formula is C22H20F3N3O2S. The third-order valence-corrected chi connectivity index (χ3v) is 5.82. The lowest BCUT2D eigenvalue weighted by Gasteiger charge is -2.25. The van der Waals surface area contributed by atoms with Gasteiger partial charge in [-0.2, -0.15) is 13.2 Å². The predicted octanol–water partition coefficient (Wildman–Crippen LogP) is 4.91. The number of amides is 1. The maximum absolute atomic E-state index is 12.9. The molecule has 0 radical (unpaired) electrons. The van der Waals surface area contributed by atoms with E-state index < -0.39 is 17.6 Å². The van der Waals surface area contributed by atoms with Crippen LogP contribution in [-0.2, 0) is 17.5 Å². The molecule has 1 aliphatic rings. The van der Waals surface area contributed by atoms with Crippen LogP contribution in [0.3, 0.4) is 0 Å². The van der Waals surface area contributed by atoms with Gasteiger partial charge in [-0.1, -0.05) is 6.07 Å². The van der Waals surface area contributed by atoms with Crippen LogP contribution in [0.15, 0.2) is 53.9 Å². The molecule has 2 heterocycles. The SMILES string of the molecule is O=C(Nc1ccc(-c2nc(CN3CCOCC3)cs2)cc1)c1cccc(C(F)(F)F)c1. The molecule has 0 saturated carbocycles. The van der Waals surface area contributed by atoms with Crippen LogP contribution in [0.1, 0.15) is 21.6 Å². The van der Waals surface area contributed by atoms with Crippen molar-refractivity contribution < 1.29 is 22.7 Å². The van der Waals surface area contributed by atoms with Gasteiger partial charge in [-0.25, -0.2) is 4.98 Å². The van der Waals surface area contributed by atoms with Crippen molar-refractivity contribution in [1.29, 1.82) is 0 Å². The largest absolute Gasteiger partial charge is 0.416 e. The normalized spacial score (nSPS) is 15.1. The third-order valence-electron chi connectivity index (χ3n) is 4.88. The van der Waals surface area contributed by atoms with Gasteiger partial charge in [0, 0.05) is 41.8 Å². The number of carbonyl (C=O) groups excluding carboxylic acids is 1. The molecule has 0 spiro atoms. The maximum atomic E-state index is 12.9. The van der Waals surface area contributed by atoms with Gasteiger partial charge in [0.05, 0.1) is 24.5 Å². The van der Waals surface area contributed by atoms with Crippen molar-refractivity contribution in [1.82, 2.24) is 9.88 Å². The van der Waals surface area contributed by atoms with E-state index in [9.17, 15) is 18.0 Å². The number of halogens is 3. The van der Waals surface area contributed by atoms with Crippen molar-refractivity contribution in [2.75, 3.05) is 31.6 Å². The average molecular weight is 447 g/mol. The number of alkyl halides is 3. The second kappa shape index (κ2) is 9.17. The Labute approximate surface area is 181 Å². The summed E-state index contributed by atoms with van der Waals surface area (Å²) in [5, 5.41) is 5.54. The maximum Gasteiger partial charge on any atom is 0.416 e. The highest BCUT2D eigenvalue weighted by molar-refractivity contribution is 7.13. The summed E-state index contributed by atoms with van der Waals surface area (Å²) in [5.41, 5.74) is 1.51. The van der Waals surface area contributed by atoms with Gasteiger partial charge in [0.1, 0.15) is 5.01 Å². The van der Waals surface area contributed by atoms with E-state index in [-0.39, 0.29) is 5.56 Å². The van der Waals surface area contributed by atoms with E-state index in [0.29, 0.717) is 5.69 Å². The van der Waals surface area contributed by atoms with Gasteiger partial charge < -0.3 is 10.1 Å². The van der Waals surface area contributed by atoms with Crippen LogP contribution in [0.25, 0.3) is 10.6 Å². The zero-order valence-electron chi connectivity index (χ0n) is 16.5. The number of morpholine rings is 1. The molecule has 0 aliphatic carbocycles. The summed E-state index contributed by atoms with van der Waals surface area (Å²) in [5.74, 6) is -0.596. The summed E-state index contributed by atoms with van der Waals surface area (Å²) in [4.78, 5) is 19.3. The molecule has 3 aromatic rings. The second-order valence-corrected chi connectivity index (χ2v) is 8.00. The van der Waals surface area contributed by atoms with E-state index in [1.807, 2.05) is 17.5 Å².